The van der Waals surface area contributed by atoms with E-state index in [0.717, 1.165) is 0 Å². The van der Waals surface area contributed by atoms with E-state index in [2.05, 4.69) is 26.2 Å². The summed E-state index contributed by atoms with van der Waals surface area (Å²) in [4.78, 5) is 16.0. The lowest BCUT2D eigenvalue weighted by Crippen LogP contribution is -2.13. The SMILES string of the molecule is Cc1cccc(C(=O)Nc2cccnc2Br)c1O. The molecule has 0 bridgehead atoms. The molecular formula is C13H11BrN2O2. The Morgan fingerprint density at radius 3 is 2.83 bits per heavy atom. The zero-order chi connectivity index (χ0) is 13.1. The number of hydrogen-bond donors (Lipinski definition) is 2. The van der Waals surface area contributed by atoms with Crippen molar-refractivity contribution in [1.82, 2.24) is 4.98 Å². The van der Waals surface area contributed by atoms with Gasteiger partial charge in [0.15, 0.2) is 0 Å². The Balaban J connectivity index is 2.28. The van der Waals surface area contributed by atoms with Crippen LogP contribution in [0.4, 0.5) is 5.69 Å². The van der Waals surface area contributed by atoms with Crippen LogP contribution in [-0.4, -0.2) is 16.0 Å². The first-order valence-electron chi connectivity index (χ1n) is 5.30. The van der Waals surface area contributed by atoms with Crippen molar-refractivity contribution < 1.29 is 9.90 Å². The number of anilines is 1. The molecule has 5 heteroatoms. The summed E-state index contributed by atoms with van der Waals surface area (Å²) >= 11 is 3.24. The van der Waals surface area contributed by atoms with Gasteiger partial charge in [0.1, 0.15) is 10.4 Å². The minimum absolute atomic E-state index is 0.00462. The molecule has 2 aromatic rings. The number of para-hydroxylation sites is 1. The number of nitrogens with one attached hydrogen (secondary N) is 1. The lowest BCUT2D eigenvalue weighted by Gasteiger charge is -2.09. The minimum Gasteiger partial charge on any atom is -0.507 e. The summed E-state index contributed by atoms with van der Waals surface area (Å²) in [6.07, 6.45) is 1.61. The predicted molar refractivity (Wildman–Crippen MR) is 72.7 cm³/mol. The molecule has 0 atom stereocenters. The summed E-state index contributed by atoms with van der Waals surface area (Å²) in [6.45, 7) is 1.74. The van der Waals surface area contributed by atoms with Crippen molar-refractivity contribution in [3.05, 3.63) is 52.3 Å². The van der Waals surface area contributed by atoms with Crippen molar-refractivity contribution in [3.63, 3.8) is 0 Å². The number of aromatic hydroxyl groups is 1. The molecule has 0 aliphatic heterocycles. The van der Waals surface area contributed by atoms with E-state index in [0.29, 0.717) is 15.9 Å². The van der Waals surface area contributed by atoms with E-state index in [4.69, 9.17) is 0 Å². The normalized spacial score (nSPS) is 10.1. The highest BCUT2D eigenvalue weighted by atomic mass is 79.9. The number of nitrogens with zero attached hydrogens (tertiary/aromatic N) is 1. The van der Waals surface area contributed by atoms with Gasteiger partial charge < -0.3 is 10.4 Å². The standard InChI is InChI=1S/C13H11BrN2O2/c1-8-4-2-5-9(11(8)17)13(18)16-10-6-3-7-15-12(10)14/h2-7,17H,1H3,(H,16,18). The summed E-state index contributed by atoms with van der Waals surface area (Å²) < 4.78 is 0.547. The van der Waals surface area contributed by atoms with Gasteiger partial charge in [-0.1, -0.05) is 12.1 Å². The first kappa shape index (κ1) is 12.6. The molecule has 1 amide bonds. The lowest BCUT2D eigenvalue weighted by molar-refractivity contribution is 0.102. The van der Waals surface area contributed by atoms with Gasteiger partial charge in [0.05, 0.1) is 11.3 Å². The summed E-state index contributed by atoms with van der Waals surface area (Å²) in [5, 5.41) is 12.5. The van der Waals surface area contributed by atoms with Gasteiger partial charge in [-0.25, -0.2) is 4.98 Å². The van der Waals surface area contributed by atoms with Crippen LogP contribution in [0.3, 0.4) is 0 Å². The molecule has 0 aliphatic carbocycles. The highest BCUT2D eigenvalue weighted by molar-refractivity contribution is 9.10. The fourth-order valence-electron chi connectivity index (χ4n) is 1.51. The average Bonchev–Trinajstić information content (AvgIpc) is 2.35. The second kappa shape index (κ2) is 5.18. The summed E-state index contributed by atoms with van der Waals surface area (Å²) in [5.74, 6) is -0.375. The van der Waals surface area contributed by atoms with Gasteiger partial charge in [-0.15, -0.1) is 0 Å². The maximum atomic E-state index is 12.0. The van der Waals surface area contributed by atoms with E-state index in [1.54, 1.807) is 43.5 Å². The van der Waals surface area contributed by atoms with Crippen LogP contribution < -0.4 is 5.32 Å². The number of halogens is 1. The average molecular weight is 307 g/mol. The van der Waals surface area contributed by atoms with Crippen LogP contribution in [0.15, 0.2) is 41.1 Å². The van der Waals surface area contributed by atoms with Crippen LogP contribution in [-0.2, 0) is 0 Å². The van der Waals surface area contributed by atoms with Crippen molar-refractivity contribution >= 4 is 27.5 Å². The van der Waals surface area contributed by atoms with E-state index in [1.165, 1.54) is 0 Å². The molecule has 92 valence electrons. The quantitative estimate of drug-likeness (QED) is 0.838. The van der Waals surface area contributed by atoms with E-state index in [-0.39, 0.29) is 17.2 Å². The molecule has 0 aliphatic rings. The molecule has 1 aromatic carbocycles. The molecule has 18 heavy (non-hydrogen) atoms. The second-order valence-electron chi connectivity index (χ2n) is 3.77. The minimum atomic E-state index is -0.370. The Labute approximate surface area is 113 Å². The van der Waals surface area contributed by atoms with E-state index < -0.39 is 0 Å². The molecule has 0 radical (unpaired) electrons. The van der Waals surface area contributed by atoms with Crippen LogP contribution in [0.25, 0.3) is 0 Å². The Morgan fingerprint density at radius 2 is 2.11 bits per heavy atom. The zero-order valence-electron chi connectivity index (χ0n) is 9.64. The third-order valence-electron chi connectivity index (χ3n) is 2.49. The molecule has 0 saturated carbocycles. The molecule has 0 spiro atoms. The van der Waals surface area contributed by atoms with Crippen molar-refractivity contribution in [3.8, 4) is 5.75 Å². The van der Waals surface area contributed by atoms with Crippen LogP contribution in [0.1, 0.15) is 15.9 Å². The van der Waals surface area contributed by atoms with Crippen LogP contribution >= 0.6 is 15.9 Å². The number of phenolic OH excluding ortho intramolecular Hbond substituents is 1. The van der Waals surface area contributed by atoms with Crippen LogP contribution in [0, 0.1) is 6.92 Å². The van der Waals surface area contributed by atoms with E-state index in [9.17, 15) is 9.90 Å². The summed E-state index contributed by atoms with van der Waals surface area (Å²) in [7, 11) is 0. The van der Waals surface area contributed by atoms with Crippen molar-refractivity contribution in [1.29, 1.82) is 0 Å². The molecule has 1 heterocycles. The highest BCUT2D eigenvalue weighted by Crippen LogP contribution is 2.24. The van der Waals surface area contributed by atoms with Gasteiger partial charge >= 0.3 is 0 Å². The number of carbonyl (C=O) groups excluding carboxylic acids is 1. The number of benzene rings is 1. The molecule has 0 fully saturated rings. The van der Waals surface area contributed by atoms with Crippen molar-refractivity contribution in [2.24, 2.45) is 0 Å². The molecular weight excluding hydrogens is 296 g/mol. The highest BCUT2D eigenvalue weighted by Gasteiger charge is 2.13. The van der Waals surface area contributed by atoms with Gasteiger partial charge in [-0.3, -0.25) is 4.79 Å². The van der Waals surface area contributed by atoms with Gasteiger partial charge in [-0.2, -0.15) is 0 Å². The Kier molecular flexibility index (Phi) is 3.62. The number of phenols is 1. The predicted octanol–water partition coefficient (Wildman–Crippen LogP) is 3.11. The van der Waals surface area contributed by atoms with E-state index in [1.807, 2.05) is 0 Å². The van der Waals surface area contributed by atoms with Crippen molar-refractivity contribution in [2.45, 2.75) is 6.92 Å². The Hall–Kier alpha value is -1.88. The zero-order valence-corrected chi connectivity index (χ0v) is 11.2. The second-order valence-corrected chi connectivity index (χ2v) is 4.52. The third kappa shape index (κ3) is 2.51. The molecule has 2 N–H and O–H groups in total. The van der Waals surface area contributed by atoms with Gasteiger partial charge in [0.2, 0.25) is 0 Å². The van der Waals surface area contributed by atoms with Crippen molar-refractivity contribution in [2.75, 3.05) is 5.32 Å². The number of aryl methyl sites for hydroxylation is 1. The number of pyridine rings is 1. The Bertz CT molecular complexity index is 599. The lowest BCUT2D eigenvalue weighted by atomic mass is 10.1. The van der Waals surface area contributed by atoms with Crippen LogP contribution in [0.5, 0.6) is 5.75 Å². The third-order valence-corrected chi connectivity index (χ3v) is 3.12. The number of hydrogen-bond acceptors (Lipinski definition) is 3. The Morgan fingerprint density at radius 1 is 1.33 bits per heavy atom. The molecule has 2 rings (SSSR count). The molecule has 0 unspecified atom stereocenters. The number of carbonyl (C=O) groups is 1. The molecule has 4 nitrogen and oxygen atoms in total. The molecule has 1 aromatic heterocycles. The summed E-state index contributed by atoms with van der Waals surface area (Å²) in [6, 6.07) is 8.48. The fourth-order valence-corrected chi connectivity index (χ4v) is 1.86. The smallest absolute Gasteiger partial charge is 0.259 e. The van der Waals surface area contributed by atoms with E-state index >= 15 is 0 Å². The maximum Gasteiger partial charge on any atom is 0.259 e. The maximum absolute atomic E-state index is 12.0. The fraction of sp³-hybridized carbons (Fsp3) is 0.0769. The summed E-state index contributed by atoms with van der Waals surface area (Å²) in [5.41, 5.74) is 1.46. The number of rotatable bonds is 2. The topological polar surface area (TPSA) is 62.2 Å². The number of aromatic nitrogens is 1. The largest absolute Gasteiger partial charge is 0.507 e. The first-order valence-corrected chi connectivity index (χ1v) is 6.09. The molecule has 0 saturated heterocycles. The van der Waals surface area contributed by atoms with Crippen LogP contribution in [0.2, 0.25) is 0 Å². The monoisotopic (exact) mass is 306 g/mol. The van der Waals surface area contributed by atoms with Gasteiger partial charge in [-0.05, 0) is 46.6 Å². The number of amides is 1. The van der Waals surface area contributed by atoms with Gasteiger partial charge in [0, 0.05) is 6.20 Å². The first-order chi connectivity index (χ1) is 8.59. The van der Waals surface area contributed by atoms with Gasteiger partial charge in [0.25, 0.3) is 5.91 Å².